The van der Waals surface area contributed by atoms with Crippen molar-refractivity contribution in [2.75, 3.05) is 12.4 Å². The molecule has 2 rings (SSSR count). The summed E-state index contributed by atoms with van der Waals surface area (Å²) in [7, 11) is 1.44. The van der Waals surface area contributed by atoms with Crippen LogP contribution in [0.5, 0.6) is 5.88 Å². The molecule has 0 spiro atoms. The van der Waals surface area contributed by atoms with Crippen LogP contribution in [0.2, 0.25) is 10.2 Å². The van der Waals surface area contributed by atoms with Crippen LogP contribution < -0.4 is 10.1 Å². The minimum absolute atomic E-state index is 0.0541. The number of ether oxygens (including phenoxy) is 1. The van der Waals surface area contributed by atoms with E-state index in [0.717, 1.165) is 0 Å². The first kappa shape index (κ1) is 15.0. The van der Waals surface area contributed by atoms with E-state index in [1.807, 2.05) is 0 Å². The minimum Gasteiger partial charge on any atom is -0.481 e. The van der Waals surface area contributed by atoms with Crippen LogP contribution in [0.15, 0.2) is 28.7 Å². The second-order valence-corrected chi connectivity index (χ2v) is 5.29. The first-order valence-electron chi connectivity index (χ1n) is 5.34. The van der Waals surface area contributed by atoms with Crippen molar-refractivity contribution in [2.24, 2.45) is 0 Å². The van der Waals surface area contributed by atoms with Gasteiger partial charge in [0.15, 0.2) is 0 Å². The molecule has 0 fully saturated rings. The standard InChI is InChI=1S/C12H8BrCl2N3O2/c1-20-10-5-9(15)16-12(17-10)18-11(19)6-2-3-7(13)8(14)4-6/h2-5H,1H3,(H,16,17,18,19). The fraction of sp³-hybridized carbons (Fsp3) is 0.0833. The molecule has 104 valence electrons. The highest BCUT2D eigenvalue weighted by atomic mass is 79.9. The zero-order valence-corrected chi connectivity index (χ0v) is 13.3. The Morgan fingerprint density at radius 3 is 2.70 bits per heavy atom. The quantitative estimate of drug-likeness (QED) is 0.827. The molecular weight excluding hydrogens is 369 g/mol. The Hall–Kier alpha value is -1.37. The molecule has 1 aromatic carbocycles. The largest absolute Gasteiger partial charge is 0.481 e. The summed E-state index contributed by atoms with van der Waals surface area (Å²) in [5, 5.41) is 3.12. The van der Waals surface area contributed by atoms with Crippen molar-refractivity contribution in [3.8, 4) is 5.88 Å². The summed E-state index contributed by atoms with van der Waals surface area (Å²) in [4.78, 5) is 19.9. The molecular formula is C12H8BrCl2N3O2. The Morgan fingerprint density at radius 2 is 2.05 bits per heavy atom. The van der Waals surface area contributed by atoms with Gasteiger partial charge in [-0.25, -0.2) is 4.98 Å². The number of aromatic nitrogens is 2. The summed E-state index contributed by atoms with van der Waals surface area (Å²) in [5.41, 5.74) is 0.376. The number of amides is 1. The summed E-state index contributed by atoms with van der Waals surface area (Å²) in [6.07, 6.45) is 0. The van der Waals surface area contributed by atoms with Crippen LogP contribution in [0.25, 0.3) is 0 Å². The lowest BCUT2D eigenvalue weighted by atomic mass is 10.2. The van der Waals surface area contributed by atoms with E-state index < -0.39 is 5.91 Å². The normalized spacial score (nSPS) is 10.2. The van der Waals surface area contributed by atoms with E-state index >= 15 is 0 Å². The van der Waals surface area contributed by atoms with E-state index in [2.05, 4.69) is 31.2 Å². The van der Waals surface area contributed by atoms with Gasteiger partial charge in [0.05, 0.1) is 12.1 Å². The number of methoxy groups -OCH3 is 1. The topological polar surface area (TPSA) is 64.1 Å². The average Bonchev–Trinajstić information content (AvgIpc) is 2.41. The van der Waals surface area contributed by atoms with E-state index in [4.69, 9.17) is 27.9 Å². The van der Waals surface area contributed by atoms with Crippen LogP contribution in [0.1, 0.15) is 10.4 Å². The van der Waals surface area contributed by atoms with Crippen LogP contribution >= 0.6 is 39.1 Å². The Morgan fingerprint density at radius 1 is 1.30 bits per heavy atom. The molecule has 1 heterocycles. The molecule has 0 atom stereocenters. The molecule has 20 heavy (non-hydrogen) atoms. The average molecular weight is 377 g/mol. The molecule has 0 aliphatic heterocycles. The fourth-order valence-corrected chi connectivity index (χ4v) is 1.97. The second kappa shape index (κ2) is 6.39. The minimum atomic E-state index is -0.399. The van der Waals surface area contributed by atoms with Gasteiger partial charge in [-0.1, -0.05) is 23.2 Å². The molecule has 5 nitrogen and oxygen atoms in total. The molecule has 0 aliphatic rings. The molecule has 1 aromatic heterocycles. The highest BCUT2D eigenvalue weighted by molar-refractivity contribution is 9.10. The molecule has 8 heteroatoms. The Labute approximate surface area is 133 Å². The summed E-state index contributed by atoms with van der Waals surface area (Å²) in [6, 6.07) is 6.26. The first-order chi connectivity index (χ1) is 9.49. The van der Waals surface area contributed by atoms with Crippen molar-refractivity contribution >= 4 is 51.0 Å². The van der Waals surface area contributed by atoms with E-state index in [9.17, 15) is 4.79 Å². The number of nitrogens with zero attached hydrogens (tertiary/aromatic N) is 2. The smallest absolute Gasteiger partial charge is 0.258 e. The Bertz CT molecular complexity index is 667. The van der Waals surface area contributed by atoms with E-state index in [-0.39, 0.29) is 17.0 Å². The second-order valence-electron chi connectivity index (χ2n) is 3.64. The van der Waals surface area contributed by atoms with Crippen molar-refractivity contribution in [2.45, 2.75) is 0 Å². The van der Waals surface area contributed by atoms with Crippen molar-refractivity contribution < 1.29 is 9.53 Å². The zero-order valence-electron chi connectivity index (χ0n) is 10.2. The van der Waals surface area contributed by atoms with E-state index in [0.29, 0.717) is 15.1 Å². The number of carbonyl (C=O) groups excluding carboxylic acids is 1. The van der Waals surface area contributed by atoms with Gasteiger partial charge < -0.3 is 4.74 Å². The first-order valence-corrected chi connectivity index (χ1v) is 6.89. The van der Waals surface area contributed by atoms with Gasteiger partial charge in [-0.05, 0) is 34.1 Å². The lowest BCUT2D eigenvalue weighted by molar-refractivity contribution is 0.102. The van der Waals surface area contributed by atoms with Gasteiger partial charge in [-0.15, -0.1) is 0 Å². The molecule has 1 amide bonds. The SMILES string of the molecule is COc1cc(Cl)nc(NC(=O)c2ccc(Br)c(Cl)c2)n1. The van der Waals surface area contributed by atoms with Crippen LogP contribution in [-0.4, -0.2) is 23.0 Å². The highest BCUT2D eigenvalue weighted by Gasteiger charge is 2.11. The van der Waals surface area contributed by atoms with E-state index in [1.165, 1.54) is 19.2 Å². The molecule has 0 bridgehead atoms. The molecule has 1 N–H and O–H groups in total. The maximum Gasteiger partial charge on any atom is 0.258 e. The molecule has 0 aliphatic carbocycles. The number of rotatable bonds is 3. The van der Waals surface area contributed by atoms with E-state index in [1.54, 1.807) is 12.1 Å². The number of halogens is 3. The predicted molar refractivity (Wildman–Crippen MR) is 80.7 cm³/mol. The molecule has 0 unspecified atom stereocenters. The number of benzene rings is 1. The molecule has 0 saturated carbocycles. The third-order valence-corrected chi connectivity index (χ3v) is 3.71. The summed E-state index contributed by atoms with van der Waals surface area (Å²) < 4.78 is 5.65. The maximum atomic E-state index is 12.0. The Kier molecular flexibility index (Phi) is 4.80. The van der Waals surface area contributed by atoms with Crippen LogP contribution in [0, 0.1) is 0 Å². The van der Waals surface area contributed by atoms with Crippen molar-refractivity contribution in [1.29, 1.82) is 0 Å². The lowest BCUT2D eigenvalue weighted by Crippen LogP contribution is -2.14. The zero-order chi connectivity index (χ0) is 14.7. The van der Waals surface area contributed by atoms with Crippen molar-refractivity contribution in [3.63, 3.8) is 0 Å². The number of nitrogens with one attached hydrogen (secondary N) is 1. The number of hydrogen-bond donors (Lipinski definition) is 1. The summed E-state index contributed by atoms with van der Waals surface area (Å²) in [5.74, 6) is -0.0868. The van der Waals surface area contributed by atoms with Gasteiger partial charge in [-0.3, -0.25) is 10.1 Å². The fourth-order valence-electron chi connectivity index (χ4n) is 1.37. The van der Waals surface area contributed by atoms with Crippen LogP contribution in [-0.2, 0) is 0 Å². The predicted octanol–water partition coefficient (Wildman–Crippen LogP) is 3.81. The molecule has 0 radical (unpaired) electrons. The Balaban J connectivity index is 2.23. The third kappa shape index (κ3) is 3.59. The third-order valence-electron chi connectivity index (χ3n) is 2.29. The monoisotopic (exact) mass is 375 g/mol. The van der Waals surface area contributed by atoms with Gasteiger partial charge in [0.1, 0.15) is 5.15 Å². The van der Waals surface area contributed by atoms with Gasteiger partial charge in [-0.2, -0.15) is 4.98 Å². The number of anilines is 1. The van der Waals surface area contributed by atoms with Crippen LogP contribution in [0.3, 0.4) is 0 Å². The van der Waals surface area contributed by atoms with Crippen molar-refractivity contribution in [3.05, 3.63) is 44.5 Å². The van der Waals surface area contributed by atoms with Gasteiger partial charge in [0, 0.05) is 16.1 Å². The van der Waals surface area contributed by atoms with Crippen LogP contribution in [0.4, 0.5) is 5.95 Å². The van der Waals surface area contributed by atoms with Gasteiger partial charge in [0.25, 0.3) is 5.91 Å². The number of carbonyl (C=O) groups is 1. The molecule has 0 saturated heterocycles. The molecule has 2 aromatic rings. The summed E-state index contributed by atoms with van der Waals surface area (Å²) in [6.45, 7) is 0. The number of hydrogen-bond acceptors (Lipinski definition) is 4. The van der Waals surface area contributed by atoms with Gasteiger partial charge in [0.2, 0.25) is 11.8 Å². The lowest BCUT2D eigenvalue weighted by Gasteiger charge is -2.06. The van der Waals surface area contributed by atoms with Crippen molar-refractivity contribution in [1.82, 2.24) is 9.97 Å². The maximum absolute atomic E-state index is 12.0. The highest BCUT2D eigenvalue weighted by Crippen LogP contribution is 2.23. The van der Waals surface area contributed by atoms with Gasteiger partial charge >= 0.3 is 0 Å². The summed E-state index contributed by atoms with van der Waals surface area (Å²) >= 11 is 15.0.